The minimum Gasteiger partial charge on any atom is -0.393 e. The summed E-state index contributed by atoms with van der Waals surface area (Å²) >= 11 is 0. The third-order valence-corrected chi connectivity index (χ3v) is 2.53. The van der Waals surface area contributed by atoms with Crippen LogP contribution in [0.2, 0.25) is 0 Å². The zero-order chi connectivity index (χ0) is 5.72. The van der Waals surface area contributed by atoms with Gasteiger partial charge in [-0.25, -0.2) is 0 Å². The maximum absolute atomic E-state index is 9.13. The lowest BCUT2D eigenvalue weighted by Gasteiger charge is -2.01. The highest BCUT2D eigenvalue weighted by Gasteiger charge is 2.55. The van der Waals surface area contributed by atoms with Crippen molar-refractivity contribution in [3.05, 3.63) is 0 Å². The van der Waals surface area contributed by atoms with Gasteiger partial charge >= 0.3 is 0 Å². The van der Waals surface area contributed by atoms with Crippen molar-refractivity contribution in [3.63, 3.8) is 0 Å². The molecule has 0 radical (unpaired) electrons. The number of rotatable bonds is 0. The van der Waals surface area contributed by atoms with E-state index in [1.807, 2.05) is 0 Å². The molecule has 2 saturated carbocycles. The van der Waals surface area contributed by atoms with Gasteiger partial charge in [0.05, 0.1) is 6.10 Å². The third-order valence-electron chi connectivity index (χ3n) is 2.53. The van der Waals surface area contributed by atoms with E-state index in [9.17, 15) is 0 Å². The van der Waals surface area contributed by atoms with Crippen LogP contribution in [0.25, 0.3) is 0 Å². The Kier molecular flexibility index (Phi) is 0.746. The minimum absolute atomic E-state index is 0.0602. The molecule has 0 aromatic rings. The third kappa shape index (κ3) is 0.400. The van der Waals surface area contributed by atoms with Gasteiger partial charge in [0.2, 0.25) is 0 Å². The number of aliphatic hydroxyl groups is 1. The Balaban J connectivity index is 2.07. The van der Waals surface area contributed by atoms with Crippen molar-refractivity contribution in [1.82, 2.24) is 0 Å². The minimum atomic E-state index is -0.0602. The van der Waals surface area contributed by atoms with Gasteiger partial charge in [-0.2, -0.15) is 0 Å². The second kappa shape index (κ2) is 1.25. The van der Waals surface area contributed by atoms with Crippen molar-refractivity contribution in [2.75, 3.05) is 0 Å². The molecule has 0 bridgehead atoms. The van der Waals surface area contributed by atoms with E-state index in [1.165, 1.54) is 0 Å². The zero-order valence-electron chi connectivity index (χ0n) is 4.75. The largest absolute Gasteiger partial charge is 0.393 e. The van der Waals surface area contributed by atoms with E-state index in [-0.39, 0.29) is 6.10 Å². The van der Waals surface area contributed by atoms with Crippen LogP contribution in [0.3, 0.4) is 0 Å². The molecule has 0 heterocycles. The maximum Gasteiger partial charge on any atom is 0.0586 e. The fourth-order valence-corrected chi connectivity index (χ4v) is 1.91. The fourth-order valence-electron chi connectivity index (χ4n) is 1.91. The fraction of sp³-hybridized carbons (Fsp3) is 1.00. The number of hydrogen-bond donors (Lipinski definition) is 2. The molecule has 8 heavy (non-hydrogen) atoms. The van der Waals surface area contributed by atoms with Crippen LogP contribution >= 0.6 is 0 Å². The standard InChI is InChI=1S/C6H11NO/c7-6-3-1-2-4(8)5(3)6/h3-6,8H,1-2,7H2/t3?,4?,5-,6+/m0/s1. The summed E-state index contributed by atoms with van der Waals surface area (Å²) in [6.07, 6.45) is 2.09. The van der Waals surface area contributed by atoms with Gasteiger partial charge in [-0.05, 0) is 18.8 Å². The Morgan fingerprint density at radius 1 is 1.38 bits per heavy atom. The summed E-state index contributed by atoms with van der Waals surface area (Å²) in [5, 5.41) is 9.13. The molecule has 2 unspecified atom stereocenters. The molecule has 2 aliphatic carbocycles. The van der Waals surface area contributed by atoms with E-state index in [1.54, 1.807) is 0 Å². The number of aliphatic hydroxyl groups excluding tert-OH is 1. The lowest BCUT2D eigenvalue weighted by Crippen LogP contribution is -2.15. The summed E-state index contributed by atoms with van der Waals surface area (Å²) in [5.41, 5.74) is 5.60. The molecule has 2 rings (SSSR count). The van der Waals surface area contributed by atoms with Crippen molar-refractivity contribution in [2.45, 2.75) is 25.0 Å². The summed E-state index contributed by atoms with van der Waals surface area (Å²) in [7, 11) is 0. The Labute approximate surface area is 48.7 Å². The summed E-state index contributed by atoms with van der Waals surface area (Å²) in [5.74, 6) is 1.17. The van der Waals surface area contributed by atoms with Crippen molar-refractivity contribution in [1.29, 1.82) is 0 Å². The van der Waals surface area contributed by atoms with Crippen molar-refractivity contribution in [2.24, 2.45) is 17.6 Å². The molecule has 0 aromatic heterocycles. The van der Waals surface area contributed by atoms with E-state index < -0.39 is 0 Å². The van der Waals surface area contributed by atoms with E-state index in [0.29, 0.717) is 17.9 Å². The molecule has 0 amide bonds. The molecule has 2 aliphatic rings. The van der Waals surface area contributed by atoms with Crippen LogP contribution in [0, 0.1) is 11.8 Å². The molecule has 0 spiro atoms. The lowest BCUT2D eigenvalue weighted by atomic mass is 10.2. The summed E-state index contributed by atoms with van der Waals surface area (Å²) in [4.78, 5) is 0. The van der Waals surface area contributed by atoms with E-state index in [2.05, 4.69) is 0 Å². The predicted octanol–water partition coefficient (Wildman–Crippen LogP) is -0.286. The average Bonchev–Trinajstić information content (AvgIpc) is 2.13. The van der Waals surface area contributed by atoms with Gasteiger partial charge < -0.3 is 10.8 Å². The van der Waals surface area contributed by atoms with Crippen LogP contribution in [-0.4, -0.2) is 17.3 Å². The van der Waals surface area contributed by atoms with Crippen LogP contribution in [-0.2, 0) is 0 Å². The highest BCUT2D eigenvalue weighted by molar-refractivity contribution is 5.08. The van der Waals surface area contributed by atoms with Crippen molar-refractivity contribution in [3.8, 4) is 0 Å². The van der Waals surface area contributed by atoms with Crippen LogP contribution in [0.15, 0.2) is 0 Å². The average molecular weight is 113 g/mol. The molecule has 4 atom stereocenters. The highest BCUT2D eigenvalue weighted by Crippen LogP contribution is 2.50. The van der Waals surface area contributed by atoms with E-state index in [4.69, 9.17) is 10.8 Å². The van der Waals surface area contributed by atoms with Crippen LogP contribution < -0.4 is 5.73 Å². The Morgan fingerprint density at radius 2 is 2.12 bits per heavy atom. The number of hydrogen-bond acceptors (Lipinski definition) is 2. The van der Waals surface area contributed by atoms with Gasteiger partial charge in [-0.15, -0.1) is 0 Å². The van der Waals surface area contributed by atoms with Gasteiger partial charge in [-0.1, -0.05) is 0 Å². The Hall–Kier alpha value is -0.0800. The van der Waals surface area contributed by atoms with E-state index >= 15 is 0 Å². The molecule has 46 valence electrons. The molecular formula is C6H11NO. The first-order valence-electron chi connectivity index (χ1n) is 3.24. The Bertz CT molecular complexity index is 113. The van der Waals surface area contributed by atoms with Gasteiger partial charge in [-0.3, -0.25) is 0 Å². The Morgan fingerprint density at radius 3 is 2.38 bits per heavy atom. The highest BCUT2D eigenvalue weighted by atomic mass is 16.3. The summed E-state index contributed by atoms with van der Waals surface area (Å²) in [6.45, 7) is 0. The monoisotopic (exact) mass is 113 g/mol. The van der Waals surface area contributed by atoms with Gasteiger partial charge in [0.1, 0.15) is 0 Å². The zero-order valence-corrected chi connectivity index (χ0v) is 4.75. The van der Waals surface area contributed by atoms with Crippen LogP contribution in [0.5, 0.6) is 0 Å². The van der Waals surface area contributed by atoms with Gasteiger partial charge in [0.25, 0.3) is 0 Å². The van der Waals surface area contributed by atoms with Crippen molar-refractivity contribution < 1.29 is 5.11 Å². The lowest BCUT2D eigenvalue weighted by molar-refractivity contribution is 0.156. The molecule has 2 fully saturated rings. The molecule has 2 nitrogen and oxygen atoms in total. The second-order valence-electron chi connectivity index (χ2n) is 2.96. The number of fused-ring (bicyclic) bond motifs is 1. The molecule has 3 N–H and O–H groups in total. The van der Waals surface area contributed by atoms with Crippen LogP contribution in [0.1, 0.15) is 12.8 Å². The first kappa shape index (κ1) is 4.77. The van der Waals surface area contributed by atoms with Gasteiger partial charge in [0.15, 0.2) is 0 Å². The second-order valence-corrected chi connectivity index (χ2v) is 2.96. The van der Waals surface area contributed by atoms with E-state index in [0.717, 1.165) is 12.8 Å². The first-order valence-corrected chi connectivity index (χ1v) is 3.24. The SMILES string of the molecule is N[C@@H]1C2CCC(O)[C@H]21. The smallest absolute Gasteiger partial charge is 0.0586 e. The first-order chi connectivity index (χ1) is 3.80. The molecular weight excluding hydrogens is 102 g/mol. The van der Waals surface area contributed by atoms with Gasteiger partial charge in [0, 0.05) is 12.0 Å². The molecule has 0 saturated heterocycles. The number of nitrogens with two attached hydrogens (primary N) is 1. The quantitative estimate of drug-likeness (QED) is 0.453. The molecule has 2 heteroatoms. The topological polar surface area (TPSA) is 46.2 Å². The summed E-state index contributed by atoms with van der Waals surface area (Å²) in [6, 6.07) is 0.346. The van der Waals surface area contributed by atoms with Crippen molar-refractivity contribution >= 4 is 0 Å². The maximum atomic E-state index is 9.13. The summed E-state index contributed by atoms with van der Waals surface area (Å²) < 4.78 is 0. The van der Waals surface area contributed by atoms with Crippen LogP contribution in [0.4, 0.5) is 0 Å². The predicted molar refractivity (Wildman–Crippen MR) is 30.2 cm³/mol. The normalized spacial score (nSPS) is 60.8. The molecule has 0 aliphatic heterocycles. The molecule has 0 aromatic carbocycles.